The number of halogens is 1. The Kier molecular flexibility index (Phi) is 5.63. The van der Waals surface area contributed by atoms with E-state index < -0.39 is 11.9 Å². The molecule has 0 atom stereocenters. The molecule has 0 saturated heterocycles. The van der Waals surface area contributed by atoms with Gasteiger partial charge in [0.2, 0.25) is 0 Å². The van der Waals surface area contributed by atoms with Crippen molar-refractivity contribution in [2.24, 2.45) is 0 Å². The summed E-state index contributed by atoms with van der Waals surface area (Å²) in [5, 5.41) is 6.20. The maximum Gasteiger partial charge on any atom is 0.339 e. The number of ether oxygens (including phenoxy) is 1. The van der Waals surface area contributed by atoms with E-state index in [1.165, 1.54) is 19.5 Å². The van der Waals surface area contributed by atoms with Gasteiger partial charge in [-0.25, -0.2) is 14.8 Å². The third-order valence-electron chi connectivity index (χ3n) is 3.56. The Morgan fingerprint density at radius 1 is 1.04 bits per heavy atom. The minimum atomic E-state index is -0.469. The molecule has 8 heteroatoms. The highest BCUT2D eigenvalue weighted by atomic mass is 35.5. The number of benzene rings is 2. The number of carbonyl (C=O) groups is 2. The second-order valence-electron chi connectivity index (χ2n) is 5.41. The van der Waals surface area contributed by atoms with Crippen molar-refractivity contribution in [1.29, 1.82) is 0 Å². The molecular formula is C19H15ClN4O3. The maximum atomic E-state index is 12.2. The molecule has 3 rings (SSSR count). The number of amides is 1. The van der Waals surface area contributed by atoms with E-state index in [2.05, 4.69) is 20.6 Å². The van der Waals surface area contributed by atoms with E-state index in [1.54, 1.807) is 48.5 Å². The number of rotatable bonds is 5. The fourth-order valence-corrected chi connectivity index (χ4v) is 2.48. The Balaban J connectivity index is 1.72. The van der Waals surface area contributed by atoms with Crippen LogP contribution >= 0.6 is 11.6 Å². The molecule has 0 fully saturated rings. The van der Waals surface area contributed by atoms with Gasteiger partial charge in [-0.05, 0) is 30.3 Å². The first-order valence-electron chi connectivity index (χ1n) is 7.90. The quantitative estimate of drug-likeness (QED) is 0.650. The lowest BCUT2D eigenvalue weighted by Gasteiger charge is -2.10. The van der Waals surface area contributed by atoms with Crippen LogP contribution in [0.5, 0.6) is 0 Å². The third kappa shape index (κ3) is 4.59. The average molecular weight is 383 g/mol. The van der Waals surface area contributed by atoms with Gasteiger partial charge < -0.3 is 15.4 Å². The van der Waals surface area contributed by atoms with Gasteiger partial charge in [-0.15, -0.1) is 0 Å². The van der Waals surface area contributed by atoms with Gasteiger partial charge in [-0.3, -0.25) is 4.79 Å². The normalized spacial score (nSPS) is 10.1. The smallest absolute Gasteiger partial charge is 0.339 e. The molecule has 0 spiro atoms. The van der Waals surface area contributed by atoms with E-state index in [1.807, 2.05) is 0 Å². The van der Waals surface area contributed by atoms with Crippen molar-refractivity contribution in [1.82, 2.24) is 9.97 Å². The molecule has 2 aromatic carbocycles. The zero-order valence-electron chi connectivity index (χ0n) is 14.3. The van der Waals surface area contributed by atoms with Crippen LogP contribution in [0.3, 0.4) is 0 Å². The summed E-state index contributed by atoms with van der Waals surface area (Å²) in [7, 11) is 1.31. The Labute approximate surface area is 160 Å². The zero-order chi connectivity index (χ0) is 19.2. The lowest BCUT2D eigenvalue weighted by molar-refractivity contribution is 0.0601. The molecule has 0 bridgehead atoms. The number of methoxy groups -OCH3 is 1. The van der Waals surface area contributed by atoms with Crippen molar-refractivity contribution >= 4 is 40.7 Å². The molecule has 0 aliphatic carbocycles. The van der Waals surface area contributed by atoms with Gasteiger partial charge in [-0.2, -0.15) is 0 Å². The van der Waals surface area contributed by atoms with Gasteiger partial charge in [0.05, 0.1) is 30.8 Å². The lowest BCUT2D eigenvalue weighted by Crippen LogP contribution is -2.14. The standard InChI is InChI=1S/C19H15ClN4O3/c1-27-19(26)14-7-2-3-8-15(14)24-17-11-21-16(10-22-17)18(25)23-13-6-4-5-12(20)9-13/h2-11H,1H3,(H,22,24)(H,23,25). The monoisotopic (exact) mass is 382 g/mol. The summed E-state index contributed by atoms with van der Waals surface area (Å²) in [6.07, 6.45) is 2.74. The maximum absolute atomic E-state index is 12.2. The number of carbonyl (C=O) groups excluding carboxylic acids is 2. The van der Waals surface area contributed by atoms with Crippen LogP contribution in [0.15, 0.2) is 60.9 Å². The summed E-state index contributed by atoms with van der Waals surface area (Å²) in [5.74, 6) is -0.500. The van der Waals surface area contributed by atoms with Crippen LogP contribution in [0.2, 0.25) is 5.02 Å². The van der Waals surface area contributed by atoms with Crippen LogP contribution in [0.25, 0.3) is 0 Å². The molecule has 1 amide bonds. The van der Waals surface area contributed by atoms with E-state index >= 15 is 0 Å². The van der Waals surface area contributed by atoms with Crippen molar-refractivity contribution in [3.05, 3.63) is 77.2 Å². The van der Waals surface area contributed by atoms with E-state index in [0.29, 0.717) is 27.8 Å². The van der Waals surface area contributed by atoms with Crippen molar-refractivity contribution in [2.45, 2.75) is 0 Å². The van der Waals surface area contributed by atoms with Gasteiger partial charge in [0.1, 0.15) is 11.5 Å². The first-order chi connectivity index (χ1) is 13.1. The van der Waals surface area contributed by atoms with Gasteiger partial charge in [-0.1, -0.05) is 29.8 Å². The molecule has 3 aromatic rings. The lowest BCUT2D eigenvalue weighted by atomic mass is 10.2. The van der Waals surface area contributed by atoms with Gasteiger partial charge in [0.25, 0.3) is 5.91 Å². The molecule has 27 heavy (non-hydrogen) atoms. The van der Waals surface area contributed by atoms with Crippen molar-refractivity contribution < 1.29 is 14.3 Å². The number of para-hydroxylation sites is 1. The second kappa shape index (κ2) is 8.29. The summed E-state index contributed by atoms with van der Waals surface area (Å²) in [6.45, 7) is 0. The van der Waals surface area contributed by atoms with E-state index in [-0.39, 0.29) is 5.69 Å². The Morgan fingerprint density at radius 2 is 1.85 bits per heavy atom. The summed E-state index contributed by atoms with van der Waals surface area (Å²) >= 11 is 5.90. The van der Waals surface area contributed by atoms with E-state index in [4.69, 9.17) is 16.3 Å². The predicted molar refractivity (Wildman–Crippen MR) is 103 cm³/mol. The van der Waals surface area contributed by atoms with Crippen LogP contribution in [0.1, 0.15) is 20.8 Å². The molecule has 1 heterocycles. The minimum absolute atomic E-state index is 0.141. The molecule has 0 saturated carbocycles. The molecule has 2 N–H and O–H groups in total. The molecule has 1 aromatic heterocycles. The predicted octanol–water partition coefficient (Wildman–Crippen LogP) is 3.91. The Hall–Kier alpha value is -3.45. The summed E-state index contributed by atoms with van der Waals surface area (Å²) < 4.78 is 4.75. The highest BCUT2D eigenvalue weighted by molar-refractivity contribution is 6.30. The fourth-order valence-electron chi connectivity index (χ4n) is 2.29. The van der Waals surface area contributed by atoms with Crippen molar-refractivity contribution in [3.8, 4) is 0 Å². The average Bonchev–Trinajstić information content (AvgIpc) is 2.68. The highest BCUT2D eigenvalue weighted by Gasteiger charge is 2.13. The number of anilines is 3. The van der Waals surface area contributed by atoms with E-state index in [9.17, 15) is 9.59 Å². The molecule has 0 radical (unpaired) electrons. The van der Waals surface area contributed by atoms with Crippen LogP contribution in [0, 0.1) is 0 Å². The zero-order valence-corrected chi connectivity index (χ0v) is 15.0. The van der Waals surface area contributed by atoms with Crippen molar-refractivity contribution in [2.75, 3.05) is 17.7 Å². The second-order valence-corrected chi connectivity index (χ2v) is 5.85. The fraction of sp³-hybridized carbons (Fsp3) is 0.0526. The Morgan fingerprint density at radius 3 is 2.56 bits per heavy atom. The SMILES string of the molecule is COC(=O)c1ccccc1Nc1cnc(C(=O)Nc2cccc(Cl)c2)cn1. The van der Waals surface area contributed by atoms with Gasteiger partial charge in [0.15, 0.2) is 0 Å². The molecular weight excluding hydrogens is 368 g/mol. The molecule has 0 unspecified atom stereocenters. The van der Waals surface area contributed by atoms with Crippen LogP contribution in [-0.2, 0) is 4.74 Å². The number of nitrogens with zero attached hydrogens (tertiary/aromatic N) is 2. The molecule has 136 valence electrons. The van der Waals surface area contributed by atoms with Crippen LogP contribution in [0.4, 0.5) is 17.2 Å². The van der Waals surface area contributed by atoms with Gasteiger partial charge >= 0.3 is 5.97 Å². The third-order valence-corrected chi connectivity index (χ3v) is 3.80. The number of nitrogens with one attached hydrogen (secondary N) is 2. The van der Waals surface area contributed by atoms with Gasteiger partial charge in [0, 0.05) is 10.7 Å². The topological polar surface area (TPSA) is 93.2 Å². The Bertz CT molecular complexity index is 977. The summed E-state index contributed by atoms with van der Waals surface area (Å²) in [5.41, 5.74) is 1.59. The number of hydrogen-bond donors (Lipinski definition) is 2. The summed E-state index contributed by atoms with van der Waals surface area (Å²) in [4.78, 5) is 32.3. The number of aromatic nitrogens is 2. The highest BCUT2D eigenvalue weighted by Crippen LogP contribution is 2.20. The van der Waals surface area contributed by atoms with Crippen LogP contribution < -0.4 is 10.6 Å². The largest absolute Gasteiger partial charge is 0.465 e. The van der Waals surface area contributed by atoms with Crippen molar-refractivity contribution in [3.63, 3.8) is 0 Å². The molecule has 7 nitrogen and oxygen atoms in total. The molecule has 0 aliphatic rings. The van der Waals surface area contributed by atoms with E-state index in [0.717, 1.165) is 0 Å². The minimum Gasteiger partial charge on any atom is -0.465 e. The first kappa shape index (κ1) is 18.3. The number of hydrogen-bond acceptors (Lipinski definition) is 6. The molecule has 0 aliphatic heterocycles. The first-order valence-corrected chi connectivity index (χ1v) is 8.28. The van der Waals surface area contributed by atoms with Crippen LogP contribution in [-0.4, -0.2) is 29.0 Å². The number of esters is 1. The summed E-state index contributed by atoms with van der Waals surface area (Å²) in [6, 6.07) is 13.6.